The average molecular weight is 293 g/mol. The molecule has 3 heteroatoms. The minimum atomic E-state index is 0.169. The van der Waals surface area contributed by atoms with Gasteiger partial charge in [-0.25, -0.2) is 0 Å². The van der Waals surface area contributed by atoms with Crippen LogP contribution in [-0.4, -0.2) is 19.4 Å². The summed E-state index contributed by atoms with van der Waals surface area (Å²) in [5.41, 5.74) is 5.12. The lowest BCUT2D eigenvalue weighted by Crippen LogP contribution is -2.10. The Bertz CT molecular complexity index is 732. The van der Waals surface area contributed by atoms with Gasteiger partial charge in [-0.3, -0.25) is 4.79 Å². The van der Waals surface area contributed by atoms with Crippen LogP contribution in [0.1, 0.15) is 12.5 Å². The average Bonchev–Trinajstić information content (AvgIpc) is 2.88. The van der Waals surface area contributed by atoms with Crippen molar-refractivity contribution in [2.45, 2.75) is 13.3 Å². The van der Waals surface area contributed by atoms with Crippen LogP contribution in [0.4, 0.5) is 0 Å². The Hall–Kier alpha value is -2.55. The first kappa shape index (κ1) is 14.4. The van der Waals surface area contributed by atoms with Gasteiger partial charge in [0.2, 0.25) is 0 Å². The number of carbonyl (C=O) groups is 1. The van der Waals surface area contributed by atoms with Crippen LogP contribution in [-0.2, 0) is 11.2 Å². The van der Waals surface area contributed by atoms with Crippen molar-refractivity contribution in [2.75, 3.05) is 13.7 Å². The first-order valence-corrected chi connectivity index (χ1v) is 7.39. The molecule has 3 rings (SSSR count). The molecule has 0 saturated heterocycles. The van der Waals surface area contributed by atoms with Gasteiger partial charge in [0, 0.05) is 23.3 Å². The quantitative estimate of drug-likeness (QED) is 0.939. The van der Waals surface area contributed by atoms with Crippen LogP contribution in [0.3, 0.4) is 0 Å². The Morgan fingerprint density at radius 1 is 1.09 bits per heavy atom. The molecule has 112 valence electrons. The van der Waals surface area contributed by atoms with Gasteiger partial charge in [0.15, 0.2) is 5.78 Å². The van der Waals surface area contributed by atoms with Crippen molar-refractivity contribution in [1.82, 2.24) is 5.32 Å². The summed E-state index contributed by atoms with van der Waals surface area (Å²) in [4.78, 5) is 12.1. The first-order valence-electron chi connectivity index (χ1n) is 7.39. The van der Waals surface area contributed by atoms with E-state index in [2.05, 4.69) is 23.5 Å². The van der Waals surface area contributed by atoms with Gasteiger partial charge in [0.25, 0.3) is 0 Å². The van der Waals surface area contributed by atoms with Crippen LogP contribution in [0.25, 0.3) is 11.1 Å². The van der Waals surface area contributed by atoms with Crippen LogP contribution in [0.5, 0.6) is 5.75 Å². The number of methoxy groups -OCH3 is 1. The van der Waals surface area contributed by atoms with Crippen molar-refractivity contribution in [1.29, 1.82) is 0 Å². The first-order chi connectivity index (χ1) is 10.7. The molecule has 0 radical (unpaired) electrons. The molecule has 2 aromatic carbocycles. The van der Waals surface area contributed by atoms with E-state index in [1.807, 2.05) is 37.3 Å². The molecule has 1 heterocycles. The van der Waals surface area contributed by atoms with E-state index in [1.54, 1.807) is 7.11 Å². The number of carbonyl (C=O) groups excluding carboxylic acids is 1. The number of hydrogen-bond donors (Lipinski definition) is 1. The molecule has 3 nitrogen and oxygen atoms in total. The van der Waals surface area contributed by atoms with E-state index >= 15 is 0 Å². The second kappa shape index (κ2) is 6.06. The summed E-state index contributed by atoms with van der Waals surface area (Å²) in [6.07, 6.45) is 0.589. The van der Waals surface area contributed by atoms with Crippen LogP contribution in [0, 0.1) is 0 Å². The van der Waals surface area contributed by atoms with E-state index < -0.39 is 0 Å². The van der Waals surface area contributed by atoms with E-state index in [9.17, 15) is 4.79 Å². The zero-order chi connectivity index (χ0) is 15.5. The number of ether oxygens (including phenoxy) is 1. The molecular weight excluding hydrogens is 274 g/mol. The maximum absolute atomic E-state index is 12.1. The fourth-order valence-electron chi connectivity index (χ4n) is 2.87. The Kier molecular flexibility index (Phi) is 3.96. The second-order valence-corrected chi connectivity index (χ2v) is 5.41. The number of benzene rings is 2. The molecule has 0 unspecified atom stereocenters. The van der Waals surface area contributed by atoms with E-state index in [-0.39, 0.29) is 5.78 Å². The van der Waals surface area contributed by atoms with Gasteiger partial charge in [-0.1, -0.05) is 42.5 Å². The van der Waals surface area contributed by atoms with Gasteiger partial charge in [0.1, 0.15) is 5.75 Å². The highest BCUT2D eigenvalue weighted by atomic mass is 16.5. The van der Waals surface area contributed by atoms with E-state index in [4.69, 9.17) is 4.74 Å². The predicted octanol–water partition coefficient (Wildman–Crippen LogP) is 3.35. The zero-order valence-electron chi connectivity index (χ0n) is 12.8. The highest BCUT2D eigenvalue weighted by molar-refractivity contribution is 6.00. The van der Waals surface area contributed by atoms with E-state index in [1.165, 1.54) is 0 Å². The van der Waals surface area contributed by atoms with Crippen molar-refractivity contribution in [3.05, 3.63) is 65.4 Å². The molecule has 0 aromatic heterocycles. The number of Topliss-reactive ketones (excluding diaryl/α,β-unsaturated/α-hetero) is 1. The van der Waals surface area contributed by atoms with Crippen molar-refractivity contribution in [2.24, 2.45) is 0 Å². The lowest BCUT2D eigenvalue weighted by Gasteiger charge is -2.15. The molecule has 0 atom stereocenters. The number of nitrogens with one attached hydrogen (secondary N) is 1. The number of rotatable bonds is 4. The van der Waals surface area contributed by atoms with Crippen molar-refractivity contribution < 1.29 is 9.53 Å². The largest absolute Gasteiger partial charge is 0.496 e. The Morgan fingerprint density at radius 2 is 1.86 bits per heavy atom. The van der Waals surface area contributed by atoms with Crippen molar-refractivity contribution in [3.8, 4) is 16.9 Å². The topological polar surface area (TPSA) is 38.3 Å². The van der Waals surface area contributed by atoms with Crippen molar-refractivity contribution in [3.63, 3.8) is 0 Å². The predicted molar refractivity (Wildman–Crippen MR) is 87.8 cm³/mol. The summed E-state index contributed by atoms with van der Waals surface area (Å²) >= 11 is 0. The van der Waals surface area contributed by atoms with Crippen LogP contribution < -0.4 is 10.1 Å². The Balaban J connectivity index is 2.09. The fourth-order valence-corrected chi connectivity index (χ4v) is 2.87. The minimum Gasteiger partial charge on any atom is -0.496 e. The standard InChI is InChI=1S/C19H19NO2/c1-13-16(18(21)12-20-13)11-17-15(9-6-10-19(17)22-2)14-7-4-3-5-8-14/h3-10,20H,11-12H2,1-2H3. The van der Waals surface area contributed by atoms with E-state index in [0.29, 0.717) is 13.0 Å². The van der Waals surface area contributed by atoms with Crippen LogP contribution in [0.15, 0.2) is 59.8 Å². The monoisotopic (exact) mass is 293 g/mol. The summed E-state index contributed by atoms with van der Waals surface area (Å²) in [5, 5.41) is 3.13. The summed E-state index contributed by atoms with van der Waals surface area (Å²) in [5.74, 6) is 0.990. The van der Waals surface area contributed by atoms with Gasteiger partial charge in [-0.15, -0.1) is 0 Å². The summed E-state index contributed by atoms with van der Waals surface area (Å²) in [7, 11) is 1.67. The maximum Gasteiger partial charge on any atom is 0.179 e. The molecule has 0 aliphatic carbocycles. The lowest BCUT2D eigenvalue weighted by molar-refractivity contribution is -0.114. The minimum absolute atomic E-state index is 0.169. The van der Waals surface area contributed by atoms with Gasteiger partial charge < -0.3 is 10.1 Å². The van der Waals surface area contributed by atoms with Gasteiger partial charge in [0.05, 0.1) is 13.7 Å². The van der Waals surface area contributed by atoms with Crippen LogP contribution in [0.2, 0.25) is 0 Å². The molecule has 0 saturated carbocycles. The SMILES string of the molecule is COc1cccc(-c2ccccc2)c1CC1=C(C)NCC1=O. The van der Waals surface area contributed by atoms with Gasteiger partial charge in [-0.2, -0.15) is 0 Å². The summed E-state index contributed by atoms with van der Waals surface area (Å²) < 4.78 is 5.53. The third-order valence-electron chi connectivity index (χ3n) is 4.09. The third-order valence-corrected chi connectivity index (χ3v) is 4.09. The molecule has 1 aliphatic heterocycles. The maximum atomic E-state index is 12.1. The Morgan fingerprint density at radius 3 is 2.50 bits per heavy atom. The normalized spacial score (nSPS) is 14.2. The zero-order valence-corrected chi connectivity index (χ0v) is 12.8. The van der Waals surface area contributed by atoms with Crippen LogP contribution >= 0.6 is 0 Å². The molecule has 22 heavy (non-hydrogen) atoms. The molecule has 0 spiro atoms. The van der Waals surface area contributed by atoms with Gasteiger partial charge in [-0.05, 0) is 24.1 Å². The third kappa shape index (κ3) is 2.62. The summed E-state index contributed by atoms with van der Waals surface area (Å²) in [6, 6.07) is 16.2. The lowest BCUT2D eigenvalue weighted by atomic mass is 9.93. The number of ketones is 1. The van der Waals surface area contributed by atoms with E-state index in [0.717, 1.165) is 33.7 Å². The molecule has 1 N–H and O–H groups in total. The van der Waals surface area contributed by atoms with Crippen molar-refractivity contribution >= 4 is 5.78 Å². The highest BCUT2D eigenvalue weighted by Crippen LogP contribution is 2.33. The number of allylic oxidation sites excluding steroid dienone is 1. The fraction of sp³-hybridized carbons (Fsp3) is 0.211. The molecular formula is C19H19NO2. The molecule has 0 bridgehead atoms. The second-order valence-electron chi connectivity index (χ2n) is 5.41. The van der Waals surface area contributed by atoms with Gasteiger partial charge >= 0.3 is 0 Å². The molecule has 1 aliphatic rings. The molecule has 0 amide bonds. The molecule has 2 aromatic rings. The molecule has 0 fully saturated rings. The highest BCUT2D eigenvalue weighted by Gasteiger charge is 2.22. The smallest absolute Gasteiger partial charge is 0.179 e. The Labute approximate surface area is 130 Å². The number of hydrogen-bond acceptors (Lipinski definition) is 3. The summed E-state index contributed by atoms with van der Waals surface area (Å²) in [6.45, 7) is 2.36.